The van der Waals surface area contributed by atoms with Gasteiger partial charge in [0.25, 0.3) is 5.91 Å². The third-order valence-corrected chi connectivity index (χ3v) is 4.28. The molecule has 0 bridgehead atoms. The number of rotatable bonds is 5. The van der Waals surface area contributed by atoms with Crippen LogP contribution in [0.15, 0.2) is 42.6 Å². The van der Waals surface area contributed by atoms with Gasteiger partial charge < -0.3 is 19.3 Å². The highest BCUT2D eigenvalue weighted by molar-refractivity contribution is 5.78. The molecule has 0 radical (unpaired) electrons. The molecule has 2 aromatic rings. The van der Waals surface area contributed by atoms with Crippen LogP contribution >= 0.6 is 0 Å². The van der Waals surface area contributed by atoms with Gasteiger partial charge in [-0.2, -0.15) is 0 Å². The highest BCUT2D eigenvalue weighted by Gasteiger charge is 2.22. The van der Waals surface area contributed by atoms with Crippen LogP contribution < -0.4 is 14.4 Å². The van der Waals surface area contributed by atoms with Gasteiger partial charge in [-0.1, -0.05) is 12.1 Å². The fraction of sp³-hybridized carbons (Fsp3) is 0.368. The molecule has 132 valence electrons. The predicted octanol–water partition coefficient (Wildman–Crippen LogP) is 2.13. The first-order chi connectivity index (χ1) is 12.2. The second-order valence-electron chi connectivity index (χ2n) is 6.00. The van der Waals surface area contributed by atoms with Crippen molar-refractivity contribution in [2.75, 3.05) is 44.8 Å². The van der Waals surface area contributed by atoms with Crippen molar-refractivity contribution in [1.82, 2.24) is 9.88 Å². The molecule has 6 heteroatoms. The first kappa shape index (κ1) is 17.1. The minimum atomic E-state index is -0.0108. The number of piperazine rings is 1. The SMILES string of the molecule is COc1cc(C)ccc1OCC(=O)N1CCN(c2ccccn2)CC1. The van der Waals surface area contributed by atoms with Crippen LogP contribution in [0.25, 0.3) is 0 Å². The average Bonchev–Trinajstić information content (AvgIpc) is 2.67. The number of hydrogen-bond acceptors (Lipinski definition) is 5. The molecule has 1 aliphatic heterocycles. The third kappa shape index (κ3) is 4.21. The number of amides is 1. The second kappa shape index (κ2) is 7.88. The summed E-state index contributed by atoms with van der Waals surface area (Å²) in [5, 5.41) is 0. The summed E-state index contributed by atoms with van der Waals surface area (Å²) >= 11 is 0. The summed E-state index contributed by atoms with van der Waals surface area (Å²) in [6.07, 6.45) is 1.79. The van der Waals surface area contributed by atoms with Crippen molar-refractivity contribution in [2.45, 2.75) is 6.92 Å². The lowest BCUT2D eigenvalue weighted by atomic mass is 10.2. The third-order valence-electron chi connectivity index (χ3n) is 4.28. The Labute approximate surface area is 148 Å². The van der Waals surface area contributed by atoms with Crippen LogP contribution in [0.3, 0.4) is 0 Å². The molecule has 1 aromatic carbocycles. The molecule has 0 saturated carbocycles. The molecule has 0 aliphatic carbocycles. The maximum Gasteiger partial charge on any atom is 0.260 e. The Kier molecular flexibility index (Phi) is 5.38. The van der Waals surface area contributed by atoms with E-state index in [1.54, 1.807) is 13.3 Å². The van der Waals surface area contributed by atoms with Crippen LogP contribution in [0.1, 0.15) is 5.56 Å². The van der Waals surface area contributed by atoms with E-state index in [-0.39, 0.29) is 12.5 Å². The average molecular weight is 341 g/mol. The molecule has 1 aliphatic rings. The van der Waals surface area contributed by atoms with Gasteiger partial charge in [0.1, 0.15) is 5.82 Å². The van der Waals surface area contributed by atoms with Crippen molar-refractivity contribution in [3.63, 3.8) is 0 Å². The summed E-state index contributed by atoms with van der Waals surface area (Å²) in [5.74, 6) is 2.18. The van der Waals surface area contributed by atoms with E-state index >= 15 is 0 Å². The molecule has 6 nitrogen and oxygen atoms in total. The molecule has 1 aromatic heterocycles. The van der Waals surface area contributed by atoms with Crippen molar-refractivity contribution < 1.29 is 14.3 Å². The Morgan fingerprint density at radius 3 is 2.60 bits per heavy atom. The summed E-state index contributed by atoms with van der Waals surface area (Å²) in [6.45, 7) is 4.89. The normalized spacial score (nSPS) is 14.3. The lowest BCUT2D eigenvalue weighted by Crippen LogP contribution is -2.50. The van der Waals surface area contributed by atoms with E-state index in [2.05, 4.69) is 9.88 Å². The number of carbonyl (C=O) groups excluding carboxylic acids is 1. The predicted molar refractivity (Wildman–Crippen MR) is 96.3 cm³/mol. The first-order valence-corrected chi connectivity index (χ1v) is 8.38. The first-order valence-electron chi connectivity index (χ1n) is 8.38. The number of methoxy groups -OCH3 is 1. The fourth-order valence-corrected chi connectivity index (χ4v) is 2.85. The van der Waals surface area contributed by atoms with Gasteiger partial charge >= 0.3 is 0 Å². The largest absolute Gasteiger partial charge is 0.493 e. The van der Waals surface area contributed by atoms with Gasteiger partial charge in [-0.15, -0.1) is 0 Å². The Bertz CT molecular complexity index is 713. The topological polar surface area (TPSA) is 54.9 Å². The number of aryl methyl sites for hydroxylation is 1. The van der Waals surface area contributed by atoms with E-state index < -0.39 is 0 Å². The van der Waals surface area contributed by atoms with E-state index in [0.717, 1.165) is 24.5 Å². The van der Waals surface area contributed by atoms with Gasteiger partial charge in [0, 0.05) is 32.4 Å². The maximum absolute atomic E-state index is 12.4. The highest BCUT2D eigenvalue weighted by atomic mass is 16.5. The van der Waals surface area contributed by atoms with Crippen molar-refractivity contribution in [1.29, 1.82) is 0 Å². The van der Waals surface area contributed by atoms with Crippen LogP contribution in [-0.2, 0) is 4.79 Å². The molecule has 3 rings (SSSR count). The summed E-state index contributed by atoms with van der Waals surface area (Å²) in [7, 11) is 1.60. The zero-order valence-corrected chi connectivity index (χ0v) is 14.6. The maximum atomic E-state index is 12.4. The second-order valence-corrected chi connectivity index (χ2v) is 6.00. The molecule has 0 atom stereocenters. The van der Waals surface area contributed by atoms with E-state index in [0.29, 0.717) is 24.6 Å². The van der Waals surface area contributed by atoms with Crippen molar-refractivity contribution in [2.24, 2.45) is 0 Å². The smallest absolute Gasteiger partial charge is 0.260 e. The summed E-state index contributed by atoms with van der Waals surface area (Å²) in [4.78, 5) is 20.8. The number of ether oxygens (including phenoxy) is 2. The molecular formula is C19H23N3O3. The number of pyridine rings is 1. The lowest BCUT2D eigenvalue weighted by molar-refractivity contribution is -0.133. The minimum Gasteiger partial charge on any atom is -0.493 e. The Balaban J connectivity index is 1.52. The van der Waals surface area contributed by atoms with Crippen LogP contribution in [-0.4, -0.2) is 55.7 Å². The molecular weight excluding hydrogens is 318 g/mol. The summed E-state index contributed by atoms with van der Waals surface area (Å²) < 4.78 is 11.0. The Hall–Kier alpha value is -2.76. The molecule has 25 heavy (non-hydrogen) atoms. The minimum absolute atomic E-state index is 0.0108. The van der Waals surface area contributed by atoms with E-state index in [4.69, 9.17) is 9.47 Å². The van der Waals surface area contributed by atoms with Crippen LogP contribution in [0.4, 0.5) is 5.82 Å². The van der Waals surface area contributed by atoms with Crippen LogP contribution in [0, 0.1) is 6.92 Å². The molecule has 1 amide bonds. The van der Waals surface area contributed by atoms with E-state index in [1.807, 2.05) is 48.2 Å². The van der Waals surface area contributed by atoms with Gasteiger partial charge in [-0.25, -0.2) is 4.98 Å². The van der Waals surface area contributed by atoms with Gasteiger partial charge in [0.15, 0.2) is 18.1 Å². The van der Waals surface area contributed by atoms with Crippen LogP contribution in [0.2, 0.25) is 0 Å². The number of carbonyl (C=O) groups is 1. The lowest BCUT2D eigenvalue weighted by Gasteiger charge is -2.35. The summed E-state index contributed by atoms with van der Waals surface area (Å²) in [5.41, 5.74) is 1.08. The standard InChI is InChI=1S/C19H23N3O3/c1-15-6-7-16(17(13-15)24-2)25-14-19(23)22-11-9-21(10-12-22)18-5-3-4-8-20-18/h3-8,13H,9-12,14H2,1-2H3. The van der Waals surface area contributed by atoms with Gasteiger partial charge in [0.05, 0.1) is 7.11 Å². The van der Waals surface area contributed by atoms with Crippen LogP contribution in [0.5, 0.6) is 11.5 Å². The zero-order chi connectivity index (χ0) is 17.6. The van der Waals surface area contributed by atoms with Gasteiger partial charge in [0.2, 0.25) is 0 Å². The summed E-state index contributed by atoms with van der Waals surface area (Å²) in [6, 6.07) is 11.5. The van der Waals surface area contributed by atoms with Gasteiger partial charge in [-0.3, -0.25) is 4.79 Å². The Morgan fingerprint density at radius 1 is 1.12 bits per heavy atom. The molecule has 2 heterocycles. The molecule has 0 spiro atoms. The zero-order valence-electron chi connectivity index (χ0n) is 14.6. The highest BCUT2D eigenvalue weighted by Crippen LogP contribution is 2.27. The van der Waals surface area contributed by atoms with Crippen molar-refractivity contribution >= 4 is 11.7 Å². The Morgan fingerprint density at radius 2 is 1.92 bits per heavy atom. The number of anilines is 1. The number of nitrogens with zero attached hydrogens (tertiary/aromatic N) is 3. The quantitative estimate of drug-likeness (QED) is 0.834. The molecule has 0 unspecified atom stereocenters. The molecule has 1 saturated heterocycles. The van der Waals surface area contributed by atoms with E-state index in [9.17, 15) is 4.79 Å². The van der Waals surface area contributed by atoms with Crippen molar-refractivity contribution in [3.8, 4) is 11.5 Å². The number of aromatic nitrogens is 1. The number of hydrogen-bond donors (Lipinski definition) is 0. The van der Waals surface area contributed by atoms with E-state index in [1.165, 1.54) is 0 Å². The van der Waals surface area contributed by atoms with Crippen molar-refractivity contribution in [3.05, 3.63) is 48.2 Å². The van der Waals surface area contributed by atoms with Gasteiger partial charge in [-0.05, 0) is 36.8 Å². The molecule has 0 N–H and O–H groups in total. The number of benzene rings is 1. The fourth-order valence-electron chi connectivity index (χ4n) is 2.85. The monoisotopic (exact) mass is 341 g/mol. The molecule has 1 fully saturated rings.